The van der Waals surface area contributed by atoms with Crippen LogP contribution in [0.2, 0.25) is 0 Å². The van der Waals surface area contributed by atoms with Crippen LogP contribution in [-0.4, -0.2) is 22.2 Å². The van der Waals surface area contributed by atoms with Crippen LogP contribution in [0.3, 0.4) is 0 Å². The van der Waals surface area contributed by atoms with E-state index in [9.17, 15) is 4.79 Å². The maximum atomic E-state index is 12.4. The minimum absolute atomic E-state index is 0. The summed E-state index contributed by atoms with van der Waals surface area (Å²) in [6.45, 7) is 1.91. The molecule has 0 spiro atoms. The van der Waals surface area contributed by atoms with E-state index in [1.165, 1.54) is 24.8 Å². The molecule has 0 saturated heterocycles. The molecule has 0 aliphatic heterocycles. The van der Waals surface area contributed by atoms with E-state index in [2.05, 4.69) is 22.5 Å². The van der Waals surface area contributed by atoms with Crippen molar-refractivity contribution in [3.63, 3.8) is 0 Å². The van der Waals surface area contributed by atoms with E-state index in [1.54, 1.807) is 6.20 Å². The quantitative estimate of drug-likeness (QED) is 0.778. The highest BCUT2D eigenvalue weighted by atomic mass is 35.5. The Kier molecular flexibility index (Phi) is 7.66. The molecule has 3 N–H and O–H groups in total. The number of carbonyl (C=O) groups is 1. The van der Waals surface area contributed by atoms with Gasteiger partial charge in [-0.15, -0.1) is 12.4 Å². The predicted molar refractivity (Wildman–Crippen MR) is 106 cm³/mol. The Morgan fingerprint density at radius 1 is 1.19 bits per heavy atom. The maximum absolute atomic E-state index is 12.4. The van der Waals surface area contributed by atoms with Gasteiger partial charge in [0.15, 0.2) is 0 Å². The molecule has 26 heavy (non-hydrogen) atoms. The van der Waals surface area contributed by atoms with E-state index in [-0.39, 0.29) is 23.7 Å². The van der Waals surface area contributed by atoms with E-state index in [0.717, 1.165) is 24.9 Å². The number of nitrogens with two attached hydrogens (primary N) is 1. The van der Waals surface area contributed by atoms with Gasteiger partial charge < -0.3 is 11.1 Å². The van der Waals surface area contributed by atoms with E-state index >= 15 is 0 Å². The second kappa shape index (κ2) is 9.74. The van der Waals surface area contributed by atoms with Crippen molar-refractivity contribution in [2.75, 3.05) is 6.54 Å². The first kappa shape index (κ1) is 20.5. The van der Waals surface area contributed by atoms with Crippen molar-refractivity contribution in [3.8, 4) is 0 Å². The van der Waals surface area contributed by atoms with Crippen molar-refractivity contribution < 1.29 is 4.79 Å². The van der Waals surface area contributed by atoms with Crippen LogP contribution in [0.5, 0.6) is 0 Å². The summed E-state index contributed by atoms with van der Waals surface area (Å²) >= 11 is 0. The summed E-state index contributed by atoms with van der Waals surface area (Å²) in [5.74, 6) is 0.116. The standard InChI is InChI=1S/C20H28N4O.ClH/c21-16-20(8-2-1-3-9-20)13-19(25)22-14-17-6-4-7-18(12-17)15-24-11-5-10-23-24;/h4-7,10-12H,1-3,8-9,13-16,21H2,(H,22,25);1H. The minimum Gasteiger partial charge on any atom is -0.352 e. The van der Waals surface area contributed by atoms with Crippen molar-refractivity contribution in [2.24, 2.45) is 11.1 Å². The van der Waals surface area contributed by atoms with Crippen LogP contribution in [0.15, 0.2) is 42.7 Å². The summed E-state index contributed by atoms with van der Waals surface area (Å²) in [7, 11) is 0. The number of aromatic nitrogens is 2. The Morgan fingerprint density at radius 2 is 1.96 bits per heavy atom. The molecule has 5 nitrogen and oxygen atoms in total. The highest BCUT2D eigenvalue weighted by Gasteiger charge is 2.32. The van der Waals surface area contributed by atoms with Gasteiger partial charge in [0.05, 0.1) is 6.54 Å². The van der Waals surface area contributed by atoms with Gasteiger partial charge in [0.2, 0.25) is 5.91 Å². The van der Waals surface area contributed by atoms with Crippen molar-refractivity contribution in [3.05, 3.63) is 53.9 Å². The Balaban J connectivity index is 0.00000243. The lowest BCUT2D eigenvalue weighted by Gasteiger charge is -2.35. The Labute approximate surface area is 161 Å². The fourth-order valence-electron chi connectivity index (χ4n) is 3.78. The number of nitrogens with one attached hydrogen (secondary N) is 1. The van der Waals surface area contributed by atoms with E-state index < -0.39 is 0 Å². The normalized spacial score (nSPS) is 15.9. The van der Waals surface area contributed by atoms with Gasteiger partial charge in [-0.1, -0.05) is 43.5 Å². The number of amides is 1. The van der Waals surface area contributed by atoms with Gasteiger partial charge in [-0.05, 0) is 42.0 Å². The van der Waals surface area contributed by atoms with Crippen molar-refractivity contribution in [1.29, 1.82) is 0 Å². The summed E-state index contributed by atoms with van der Waals surface area (Å²) in [5, 5.41) is 7.31. The SMILES string of the molecule is Cl.NCC1(CC(=O)NCc2cccc(Cn3cccn3)c2)CCCCC1. The molecule has 1 fully saturated rings. The number of hydrogen-bond donors (Lipinski definition) is 2. The lowest BCUT2D eigenvalue weighted by atomic mass is 9.71. The number of carbonyl (C=O) groups excluding carboxylic acids is 1. The number of hydrogen-bond acceptors (Lipinski definition) is 3. The molecule has 3 rings (SSSR count). The molecule has 0 radical (unpaired) electrons. The third-order valence-corrected chi connectivity index (χ3v) is 5.27. The monoisotopic (exact) mass is 376 g/mol. The van der Waals surface area contributed by atoms with Gasteiger partial charge >= 0.3 is 0 Å². The van der Waals surface area contributed by atoms with Gasteiger partial charge in [0, 0.05) is 25.4 Å². The Morgan fingerprint density at radius 3 is 2.65 bits per heavy atom. The average Bonchev–Trinajstić information content (AvgIpc) is 3.14. The fraction of sp³-hybridized carbons (Fsp3) is 0.500. The number of rotatable bonds is 7. The van der Waals surface area contributed by atoms with E-state index in [1.807, 2.05) is 29.1 Å². The lowest BCUT2D eigenvalue weighted by molar-refractivity contribution is -0.124. The first-order valence-electron chi connectivity index (χ1n) is 9.21. The first-order valence-corrected chi connectivity index (χ1v) is 9.21. The zero-order valence-corrected chi connectivity index (χ0v) is 16.0. The molecular weight excluding hydrogens is 348 g/mol. The molecule has 1 heterocycles. The van der Waals surface area contributed by atoms with Crippen LogP contribution in [0.1, 0.15) is 49.7 Å². The van der Waals surface area contributed by atoms with Crippen LogP contribution >= 0.6 is 12.4 Å². The average molecular weight is 377 g/mol. The van der Waals surface area contributed by atoms with Crippen molar-refractivity contribution in [2.45, 2.75) is 51.6 Å². The molecule has 2 aromatic rings. The summed E-state index contributed by atoms with van der Waals surface area (Å²) in [4.78, 5) is 12.4. The molecule has 0 unspecified atom stereocenters. The molecule has 1 amide bonds. The largest absolute Gasteiger partial charge is 0.352 e. The minimum atomic E-state index is 0. The molecule has 1 aliphatic rings. The summed E-state index contributed by atoms with van der Waals surface area (Å²) in [6, 6.07) is 10.2. The van der Waals surface area contributed by atoms with E-state index in [4.69, 9.17) is 5.73 Å². The maximum Gasteiger partial charge on any atom is 0.220 e. The van der Waals surface area contributed by atoms with Crippen LogP contribution in [0.25, 0.3) is 0 Å². The smallest absolute Gasteiger partial charge is 0.220 e. The molecular formula is C20H29ClN4O. The highest BCUT2D eigenvalue weighted by molar-refractivity contribution is 5.85. The van der Waals surface area contributed by atoms with Gasteiger partial charge in [0.1, 0.15) is 0 Å². The Bertz CT molecular complexity index is 681. The molecule has 1 aromatic heterocycles. The van der Waals surface area contributed by atoms with Crippen molar-refractivity contribution in [1.82, 2.24) is 15.1 Å². The molecule has 142 valence electrons. The lowest BCUT2D eigenvalue weighted by Crippen LogP contribution is -2.38. The predicted octanol–water partition coefficient (Wildman–Crippen LogP) is 3.27. The number of benzene rings is 1. The summed E-state index contributed by atoms with van der Waals surface area (Å²) in [6.07, 6.45) is 10.1. The van der Waals surface area contributed by atoms with E-state index in [0.29, 0.717) is 19.5 Å². The first-order chi connectivity index (χ1) is 12.2. The number of nitrogens with zero attached hydrogens (tertiary/aromatic N) is 2. The number of halogens is 1. The van der Waals surface area contributed by atoms with Crippen LogP contribution in [-0.2, 0) is 17.9 Å². The van der Waals surface area contributed by atoms with Gasteiger partial charge in [-0.2, -0.15) is 5.10 Å². The molecule has 6 heteroatoms. The third kappa shape index (κ3) is 5.58. The molecule has 0 atom stereocenters. The highest BCUT2D eigenvalue weighted by Crippen LogP contribution is 2.38. The molecule has 1 aliphatic carbocycles. The van der Waals surface area contributed by atoms with Gasteiger partial charge in [-0.25, -0.2) is 0 Å². The van der Waals surface area contributed by atoms with Crippen molar-refractivity contribution >= 4 is 18.3 Å². The summed E-state index contributed by atoms with van der Waals surface area (Å²) < 4.78 is 1.89. The third-order valence-electron chi connectivity index (χ3n) is 5.27. The molecule has 0 bridgehead atoms. The van der Waals surface area contributed by atoms with Crippen LogP contribution < -0.4 is 11.1 Å². The second-order valence-corrected chi connectivity index (χ2v) is 7.24. The van der Waals surface area contributed by atoms with Gasteiger partial charge in [0.25, 0.3) is 0 Å². The summed E-state index contributed by atoms with van der Waals surface area (Å²) in [5.41, 5.74) is 8.30. The fourth-order valence-corrected chi connectivity index (χ4v) is 3.78. The Hall–Kier alpha value is -1.85. The second-order valence-electron chi connectivity index (χ2n) is 7.24. The zero-order valence-electron chi connectivity index (χ0n) is 15.2. The topological polar surface area (TPSA) is 72.9 Å². The van der Waals surface area contributed by atoms with Crippen LogP contribution in [0.4, 0.5) is 0 Å². The molecule has 1 saturated carbocycles. The van der Waals surface area contributed by atoms with Gasteiger partial charge in [-0.3, -0.25) is 9.48 Å². The van der Waals surface area contributed by atoms with Crippen LogP contribution in [0, 0.1) is 5.41 Å². The molecule has 1 aromatic carbocycles. The zero-order chi connectivity index (χ0) is 17.5.